The van der Waals surface area contributed by atoms with Crippen molar-refractivity contribution in [2.45, 2.75) is 6.92 Å². The number of halogens is 1. The van der Waals surface area contributed by atoms with E-state index in [1.807, 2.05) is 13.0 Å². The van der Waals surface area contributed by atoms with Gasteiger partial charge >= 0.3 is 0 Å². The van der Waals surface area contributed by atoms with Gasteiger partial charge < -0.3 is 20.9 Å². The Morgan fingerprint density at radius 3 is 2.76 bits per heavy atom. The second-order valence-corrected chi connectivity index (χ2v) is 5.41. The molecule has 0 saturated carbocycles. The van der Waals surface area contributed by atoms with Crippen molar-refractivity contribution in [1.29, 1.82) is 0 Å². The summed E-state index contributed by atoms with van der Waals surface area (Å²) in [6.45, 7) is 1.85. The molecule has 0 aromatic heterocycles. The molecule has 0 aliphatic carbocycles. The number of aryl methyl sites for hydroxylation is 1. The summed E-state index contributed by atoms with van der Waals surface area (Å²) >= 11 is 3.37. The lowest BCUT2D eigenvalue weighted by molar-refractivity contribution is 0.102. The minimum absolute atomic E-state index is 0.111. The highest BCUT2D eigenvalue weighted by Crippen LogP contribution is 2.33. The van der Waals surface area contributed by atoms with Gasteiger partial charge in [-0.25, -0.2) is 0 Å². The number of amides is 1. The number of nitrogens with two attached hydrogens (primary N) is 1. The molecule has 2 aromatic carbocycles. The molecule has 1 amide bonds. The normalized spacial score (nSPS) is 10.2. The fourth-order valence-electron chi connectivity index (χ4n) is 1.96. The van der Waals surface area contributed by atoms with Crippen LogP contribution < -0.4 is 15.8 Å². The number of anilines is 2. The van der Waals surface area contributed by atoms with Gasteiger partial charge in [0.2, 0.25) is 0 Å². The summed E-state index contributed by atoms with van der Waals surface area (Å²) in [4.78, 5) is 12.3. The van der Waals surface area contributed by atoms with Crippen LogP contribution in [0.25, 0.3) is 0 Å². The number of hydrogen-bond donors (Lipinski definition) is 3. The summed E-state index contributed by atoms with van der Waals surface area (Å²) in [6, 6.07) is 8.24. The predicted octanol–water partition coefficient (Wildman–Crippen LogP) is 3.31. The Balaban J connectivity index is 2.38. The van der Waals surface area contributed by atoms with Gasteiger partial charge in [0.1, 0.15) is 5.75 Å². The maximum absolute atomic E-state index is 12.3. The zero-order valence-electron chi connectivity index (χ0n) is 11.6. The van der Waals surface area contributed by atoms with E-state index in [9.17, 15) is 9.90 Å². The predicted molar refractivity (Wildman–Crippen MR) is 85.9 cm³/mol. The summed E-state index contributed by atoms with van der Waals surface area (Å²) in [6.07, 6.45) is 0. The van der Waals surface area contributed by atoms with Crippen LogP contribution in [0, 0.1) is 6.92 Å². The number of methoxy groups -OCH3 is 1. The highest BCUT2D eigenvalue weighted by atomic mass is 79.9. The van der Waals surface area contributed by atoms with Crippen molar-refractivity contribution in [1.82, 2.24) is 0 Å². The van der Waals surface area contributed by atoms with Gasteiger partial charge in [-0.1, -0.05) is 22.0 Å². The first-order valence-electron chi connectivity index (χ1n) is 6.17. The molecule has 21 heavy (non-hydrogen) atoms. The largest absolute Gasteiger partial charge is 0.505 e. The third-order valence-electron chi connectivity index (χ3n) is 3.03. The van der Waals surface area contributed by atoms with Crippen LogP contribution in [0.2, 0.25) is 0 Å². The zero-order valence-corrected chi connectivity index (χ0v) is 13.2. The Labute approximate surface area is 130 Å². The van der Waals surface area contributed by atoms with E-state index in [1.165, 1.54) is 19.2 Å². The lowest BCUT2D eigenvalue weighted by Crippen LogP contribution is -2.14. The number of hydrogen-bond acceptors (Lipinski definition) is 4. The van der Waals surface area contributed by atoms with Crippen LogP contribution in [0.3, 0.4) is 0 Å². The fraction of sp³-hybridized carbons (Fsp3) is 0.133. The standard InChI is InChI=1S/C15H15BrN2O3/c1-8-6-9(16)7-12(21-2)13(8)18-15(20)10-4-3-5-11(17)14(10)19/h3-7,19H,17H2,1-2H3,(H,18,20). The molecule has 110 valence electrons. The van der Waals surface area contributed by atoms with Gasteiger partial charge in [-0.05, 0) is 36.8 Å². The summed E-state index contributed by atoms with van der Waals surface area (Å²) < 4.78 is 6.11. The van der Waals surface area contributed by atoms with Crippen LogP contribution in [0.4, 0.5) is 11.4 Å². The Morgan fingerprint density at radius 2 is 2.10 bits per heavy atom. The van der Waals surface area contributed by atoms with Crippen LogP contribution in [-0.4, -0.2) is 18.1 Å². The fourth-order valence-corrected chi connectivity index (χ4v) is 2.51. The molecule has 0 radical (unpaired) electrons. The molecule has 0 aliphatic rings. The van der Waals surface area contributed by atoms with E-state index >= 15 is 0 Å². The number of phenols is 1. The highest BCUT2D eigenvalue weighted by molar-refractivity contribution is 9.10. The second kappa shape index (κ2) is 6.05. The Kier molecular flexibility index (Phi) is 4.37. The number of aromatic hydroxyl groups is 1. The average molecular weight is 351 g/mol. The van der Waals surface area contributed by atoms with Crippen molar-refractivity contribution in [2.24, 2.45) is 0 Å². The number of phenolic OH excluding ortho intramolecular Hbond substituents is 1. The molecule has 0 bridgehead atoms. The van der Waals surface area contributed by atoms with Crippen molar-refractivity contribution in [3.63, 3.8) is 0 Å². The van der Waals surface area contributed by atoms with Crippen LogP contribution in [0.1, 0.15) is 15.9 Å². The molecule has 2 rings (SSSR count). The maximum Gasteiger partial charge on any atom is 0.259 e. The molecule has 5 nitrogen and oxygen atoms in total. The number of ether oxygens (including phenoxy) is 1. The van der Waals surface area contributed by atoms with Crippen molar-refractivity contribution < 1.29 is 14.6 Å². The van der Waals surface area contributed by atoms with Gasteiger partial charge in [0.25, 0.3) is 5.91 Å². The van der Waals surface area contributed by atoms with E-state index in [-0.39, 0.29) is 17.0 Å². The number of nitrogens with one attached hydrogen (secondary N) is 1. The number of para-hydroxylation sites is 1. The van der Waals surface area contributed by atoms with Gasteiger partial charge in [-0.3, -0.25) is 4.79 Å². The molecule has 0 unspecified atom stereocenters. The summed E-state index contributed by atoms with van der Waals surface area (Å²) in [5.74, 6) is -0.161. The number of carbonyl (C=O) groups excluding carboxylic acids is 1. The Hall–Kier alpha value is -2.21. The molecule has 6 heteroatoms. The molecule has 0 saturated heterocycles. The van der Waals surface area contributed by atoms with Gasteiger partial charge in [0.15, 0.2) is 5.75 Å². The maximum atomic E-state index is 12.3. The second-order valence-electron chi connectivity index (χ2n) is 4.50. The number of nitrogen functional groups attached to an aromatic ring is 1. The van der Waals surface area contributed by atoms with Gasteiger partial charge in [0, 0.05) is 4.47 Å². The molecular weight excluding hydrogens is 336 g/mol. The van der Waals surface area contributed by atoms with E-state index in [2.05, 4.69) is 21.2 Å². The summed E-state index contributed by atoms with van der Waals surface area (Å²) in [5, 5.41) is 12.6. The molecule has 0 fully saturated rings. The summed E-state index contributed by atoms with van der Waals surface area (Å²) in [5.41, 5.74) is 7.24. The molecular formula is C15H15BrN2O3. The Bertz CT molecular complexity index is 702. The smallest absolute Gasteiger partial charge is 0.259 e. The van der Waals surface area contributed by atoms with Crippen LogP contribution >= 0.6 is 15.9 Å². The monoisotopic (exact) mass is 350 g/mol. The number of carbonyl (C=O) groups is 1. The quantitative estimate of drug-likeness (QED) is 0.585. The van der Waals surface area contributed by atoms with E-state index in [0.717, 1.165) is 10.0 Å². The van der Waals surface area contributed by atoms with Crippen LogP contribution in [0.5, 0.6) is 11.5 Å². The number of rotatable bonds is 3. The van der Waals surface area contributed by atoms with Crippen molar-refractivity contribution in [3.8, 4) is 11.5 Å². The number of benzene rings is 2. The van der Waals surface area contributed by atoms with E-state index in [0.29, 0.717) is 11.4 Å². The average Bonchev–Trinajstić information content (AvgIpc) is 2.44. The van der Waals surface area contributed by atoms with E-state index in [1.54, 1.807) is 12.1 Å². The third kappa shape index (κ3) is 3.11. The zero-order chi connectivity index (χ0) is 15.6. The van der Waals surface area contributed by atoms with E-state index < -0.39 is 5.91 Å². The molecule has 0 heterocycles. The molecule has 0 atom stereocenters. The third-order valence-corrected chi connectivity index (χ3v) is 3.49. The molecule has 0 aliphatic heterocycles. The Morgan fingerprint density at radius 1 is 1.38 bits per heavy atom. The summed E-state index contributed by atoms with van der Waals surface area (Å²) in [7, 11) is 1.52. The lowest BCUT2D eigenvalue weighted by atomic mass is 10.1. The SMILES string of the molecule is COc1cc(Br)cc(C)c1NC(=O)c1cccc(N)c1O. The van der Waals surface area contributed by atoms with Crippen LogP contribution in [0.15, 0.2) is 34.8 Å². The van der Waals surface area contributed by atoms with Crippen molar-refractivity contribution in [2.75, 3.05) is 18.2 Å². The first-order chi connectivity index (χ1) is 9.93. The van der Waals surface area contributed by atoms with Gasteiger partial charge in [0.05, 0.1) is 24.0 Å². The molecule has 4 N–H and O–H groups in total. The molecule has 2 aromatic rings. The minimum Gasteiger partial charge on any atom is -0.505 e. The first kappa shape index (κ1) is 15.2. The lowest BCUT2D eigenvalue weighted by Gasteiger charge is -2.14. The highest BCUT2D eigenvalue weighted by Gasteiger charge is 2.16. The van der Waals surface area contributed by atoms with Crippen LogP contribution in [-0.2, 0) is 0 Å². The van der Waals surface area contributed by atoms with Crippen molar-refractivity contribution in [3.05, 3.63) is 45.9 Å². The first-order valence-corrected chi connectivity index (χ1v) is 6.96. The minimum atomic E-state index is -0.455. The van der Waals surface area contributed by atoms with E-state index in [4.69, 9.17) is 10.5 Å². The molecule has 0 spiro atoms. The van der Waals surface area contributed by atoms with Gasteiger partial charge in [-0.15, -0.1) is 0 Å². The van der Waals surface area contributed by atoms with Crippen molar-refractivity contribution >= 4 is 33.2 Å². The topological polar surface area (TPSA) is 84.6 Å². The van der Waals surface area contributed by atoms with Gasteiger partial charge in [-0.2, -0.15) is 0 Å².